The van der Waals surface area contributed by atoms with E-state index < -0.39 is 0 Å². The summed E-state index contributed by atoms with van der Waals surface area (Å²) in [5.41, 5.74) is 0.827. The molecule has 0 bridgehead atoms. The fraction of sp³-hybridized carbons (Fsp3) is 0.600. The van der Waals surface area contributed by atoms with Crippen LogP contribution in [0.25, 0.3) is 0 Å². The molecule has 1 aromatic heterocycles. The molecule has 0 aliphatic rings. The molecule has 0 spiro atoms. The maximum absolute atomic E-state index is 11.3. The maximum atomic E-state index is 11.3. The Labute approximate surface area is 84.0 Å². The van der Waals surface area contributed by atoms with E-state index in [2.05, 4.69) is 17.2 Å². The van der Waals surface area contributed by atoms with Gasteiger partial charge in [0.05, 0.1) is 0 Å². The molecule has 0 fully saturated rings. The monoisotopic (exact) mass is 195 g/mol. The van der Waals surface area contributed by atoms with Crippen LogP contribution in [0.2, 0.25) is 0 Å². The lowest BCUT2D eigenvalue weighted by Crippen LogP contribution is -2.34. The largest absolute Gasteiger partial charge is 0.347 e. The van der Waals surface area contributed by atoms with E-state index >= 15 is 0 Å². The number of rotatable bonds is 4. The summed E-state index contributed by atoms with van der Waals surface area (Å²) in [4.78, 5) is 15.1. The van der Waals surface area contributed by atoms with Crippen LogP contribution in [0.5, 0.6) is 0 Å². The molecule has 1 unspecified atom stereocenters. The summed E-state index contributed by atoms with van der Waals surface area (Å²) in [6.07, 6.45) is 3.43. The molecule has 0 aliphatic heterocycles. The summed E-state index contributed by atoms with van der Waals surface area (Å²) in [5.74, 6) is 0. The number of aryl methyl sites for hydroxylation is 1. The summed E-state index contributed by atoms with van der Waals surface area (Å²) < 4.78 is 1.64. The van der Waals surface area contributed by atoms with Gasteiger partial charge in [0, 0.05) is 25.0 Å². The van der Waals surface area contributed by atoms with Crippen molar-refractivity contribution in [3.05, 3.63) is 28.4 Å². The zero-order valence-corrected chi connectivity index (χ0v) is 8.95. The highest BCUT2D eigenvalue weighted by Gasteiger charge is 2.03. The van der Waals surface area contributed by atoms with Crippen LogP contribution in [0.15, 0.2) is 17.2 Å². The average molecular weight is 195 g/mol. The Balaban J connectivity index is 2.75. The number of hydrogen-bond donors (Lipinski definition) is 1. The zero-order chi connectivity index (χ0) is 10.6. The minimum absolute atomic E-state index is 0.180. The molecular weight excluding hydrogens is 178 g/mol. The molecule has 1 N–H and O–H groups in total. The van der Waals surface area contributed by atoms with Crippen LogP contribution in [0.1, 0.15) is 19.4 Å². The second-order valence-corrected chi connectivity index (χ2v) is 3.52. The molecule has 4 nitrogen and oxygen atoms in total. The molecule has 0 saturated carbocycles. The Morgan fingerprint density at radius 2 is 2.36 bits per heavy atom. The van der Waals surface area contributed by atoms with Crippen LogP contribution < -0.4 is 11.0 Å². The van der Waals surface area contributed by atoms with Gasteiger partial charge in [-0.1, -0.05) is 6.92 Å². The van der Waals surface area contributed by atoms with Crippen molar-refractivity contribution in [3.63, 3.8) is 0 Å². The third kappa shape index (κ3) is 2.96. The lowest BCUT2D eigenvalue weighted by molar-refractivity contribution is 0.475. The zero-order valence-electron chi connectivity index (χ0n) is 8.95. The summed E-state index contributed by atoms with van der Waals surface area (Å²) in [6, 6.07) is 0.293. The van der Waals surface area contributed by atoms with E-state index in [0.29, 0.717) is 12.6 Å². The molecule has 1 rings (SSSR count). The van der Waals surface area contributed by atoms with Crippen LogP contribution >= 0.6 is 0 Å². The Bertz CT molecular complexity index is 345. The van der Waals surface area contributed by atoms with Crippen molar-refractivity contribution in [1.82, 2.24) is 14.9 Å². The normalized spacial score (nSPS) is 12.8. The molecule has 0 aliphatic carbocycles. The summed E-state index contributed by atoms with van der Waals surface area (Å²) in [7, 11) is 0. The predicted molar refractivity (Wildman–Crippen MR) is 56.4 cm³/mol. The first-order chi connectivity index (χ1) is 6.63. The maximum Gasteiger partial charge on any atom is 0.347 e. The Morgan fingerprint density at radius 3 is 3.00 bits per heavy atom. The van der Waals surface area contributed by atoms with Gasteiger partial charge < -0.3 is 5.32 Å². The van der Waals surface area contributed by atoms with Crippen LogP contribution in [-0.4, -0.2) is 22.1 Å². The first-order valence-corrected chi connectivity index (χ1v) is 4.90. The third-order valence-electron chi connectivity index (χ3n) is 2.01. The smallest absolute Gasteiger partial charge is 0.313 e. The van der Waals surface area contributed by atoms with Crippen LogP contribution in [0, 0.1) is 6.92 Å². The predicted octanol–water partition coefficient (Wildman–Crippen LogP) is 0.550. The van der Waals surface area contributed by atoms with Gasteiger partial charge in [0.25, 0.3) is 0 Å². The van der Waals surface area contributed by atoms with Crippen molar-refractivity contribution in [2.75, 3.05) is 6.54 Å². The van der Waals surface area contributed by atoms with E-state index in [1.165, 1.54) is 0 Å². The number of aromatic nitrogens is 2. The Morgan fingerprint density at radius 1 is 1.64 bits per heavy atom. The lowest BCUT2D eigenvalue weighted by Gasteiger charge is -2.13. The van der Waals surface area contributed by atoms with Crippen LogP contribution in [-0.2, 0) is 6.54 Å². The summed E-state index contributed by atoms with van der Waals surface area (Å²) in [6.45, 7) is 7.61. The molecule has 0 saturated heterocycles. The molecular formula is C10H17N3O. The third-order valence-corrected chi connectivity index (χ3v) is 2.01. The van der Waals surface area contributed by atoms with E-state index in [4.69, 9.17) is 0 Å². The molecule has 0 radical (unpaired) electrons. The van der Waals surface area contributed by atoms with Crippen molar-refractivity contribution < 1.29 is 0 Å². The van der Waals surface area contributed by atoms with Gasteiger partial charge in [0.1, 0.15) is 0 Å². The molecule has 1 heterocycles. The number of nitrogens with one attached hydrogen (secondary N) is 1. The van der Waals surface area contributed by atoms with Crippen molar-refractivity contribution in [1.29, 1.82) is 0 Å². The standard InChI is InChI=1S/C10H17N3O/c1-4-11-9(3)7-13-6-8(2)5-12-10(13)14/h5-6,9,11H,4,7H2,1-3H3. The van der Waals surface area contributed by atoms with Crippen molar-refractivity contribution in [2.45, 2.75) is 33.4 Å². The SMILES string of the molecule is CCNC(C)Cn1cc(C)cnc1=O. The fourth-order valence-electron chi connectivity index (χ4n) is 1.40. The lowest BCUT2D eigenvalue weighted by atomic mass is 10.3. The van der Waals surface area contributed by atoms with Crippen LogP contribution in [0.4, 0.5) is 0 Å². The van der Waals surface area contributed by atoms with E-state index in [-0.39, 0.29) is 5.69 Å². The van der Waals surface area contributed by atoms with Crippen LogP contribution in [0.3, 0.4) is 0 Å². The molecule has 4 heteroatoms. The van der Waals surface area contributed by atoms with Gasteiger partial charge in [-0.25, -0.2) is 9.78 Å². The molecule has 1 atom stereocenters. The van der Waals surface area contributed by atoms with E-state index in [9.17, 15) is 4.79 Å². The first-order valence-electron chi connectivity index (χ1n) is 4.90. The highest BCUT2D eigenvalue weighted by molar-refractivity contribution is 4.99. The molecule has 14 heavy (non-hydrogen) atoms. The quantitative estimate of drug-likeness (QED) is 0.763. The Hall–Kier alpha value is -1.16. The molecule has 1 aromatic rings. The van der Waals surface area contributed by atoms with Gasteiger partial charge in [-0.3, -0.25) is 4.57 Å². The van der Waals surface area contributed by atoms with Gasteiger partial charge >= 0.3 is 5.69 Å². The van der Waals surface area contributed by atoms with E-state index in [0.717, 1.165) is 12.1 Å². The van der Waals surface area contributed by atoms with E-state index in [1.54, 1.807) is 10.8 Å². The van der Waals surface area contributed by atoms with Gasteiger partial charge in [-0.05, 0) is 26.0 Å². The number of hydrogen-bond acceptors (Lipinski definition) is 3. The summed E-state index contributed by atoms with van der Waals surface area (Å²) >= 11 is 0. The highest BCUT2D eigenvalue weighted by atomic mass is 16.1. The topological polar surface area (TPSA) is 46.9 Å². The van der Waals surface area contributed by atoms with Gasteiger partial charge in [0.15, 0.2) is 0 Å². The Kier molecular flexibility index (Phi) is 3.83. The second-order valence-electron chi connectivity index (χ2n) is 3.52. The minimum atomic E-state index is -0.180. The highest BCUT2D eigenvalue weighted by Crippen LogP contribution is 1.92. The first kappa shape index (κ1) is 10.9. The van der Waals surface area contributed by atoms with Crippen molar-refractivity contribution >= 4 is 0 Å². The van der Waals surface area contributed by atoms with Gasteiger partial charge in [-0.2, -0.15) is 0 Å². The number of nitrogens with zero attached hydrogens (tertiary/aromatic N) is 2. The average Bonchev–Trinajstić information content (AvgIpc) is 2.12. The molecule has 0 amide bonds. The van der Waals surface area contributed by atoms with Crippen molar-refractivity contribution in [3.8, 4) is 0 Å². The summed E-state index contributed by atoms with van der Waals surface area (Å²) in [5, 5.41) is 3.25. The van der Waals surface area contributed by atoms with Gasteiger partial charge in [0.2, 0.25) is 0 Å². The second kappa shape index (κ2) is 4.91. The van der Waals surface area contributed by atoms with Gasteiger partial charge in [-0.15, -0.1) is 0 Å². The molecule has 0 aromatic carbocycles. The fourth-order valence-corrected chi connectivity index (χ4v) is 1.40. The van der Waals surface area contributed by atoms with E-state index in [1.807, 2.05) is 20.0 Å². The van der Waals surface area contributed by atoms with Crippen molar-refractivity contribution in [2.24, 2.45) is 0 Å². The number of likely N-dealkylation sites (N-methyl/N-ethyl adjacent to an activating group) is 1. The minimum Gasteiger partial charge on any atom is -0.313 e. The molecule has 78 valence electrons.